The number of ether oxygens (including phenoxy) is 5. The van der Waals surface area contributed by atoms with Gasteiger partial charge >= 0.3 is 18.0 Å². The predicted molar refractivity (Wildman–Crippen MR) is 162 cm³/mol. The average Bonchev–Trinajstić information content (AvgIpc) is 3.35. The molecule has 2 aromatic rings. The molecule has 13 nitrogen and oxygen atoms in total. The summed E-state index contributed by atoms with van der Waals surface area (Å²) in [7, 11) is -2.55. The number of hydrogen-bond donors (Lipinski definition) is 2. The van der Waals surface area contributed by atoms with Gasteiger partial charge in [-0.15, -0.1) is 0 Å². The van der Waals surface area contributed by atoms with E-state index in [2.05, 4.69) is 5.32 Å². The first kappa shape index (κ1) is 35.8. The van der Waals surface area contributed by atoms with Crippen LogP contribution in [0.25, 0.3) is 0 Å². The van der Waals surface area contributed by atoms with Gasteiger partial charge in [0, 0.05) is 26.9 Å². The molecule has 2 N–H and O–H groups in total. The van der Waals surface area contributed by atoms with Crippen molar-refractivity contribution in [3.63, 3.8) is 0 Å². The maximum Gasteiger partial charge on any atom is 0.409 e. The van der Waals surface area contributed by atoms with Gasteiger partial charge in [-0.3, -0.25) is 9.59 Å². The topological polar surface area (TPSA) is 167 Å². The number of nitrogens with zero attached hydrogens (tertiary/aromatic N) is 1. The maximum absolute atomic E-state index is 13.6. The lowest BCUT2D eigenvalue weighted by Gasteiger charge is -2.30. The number of nitrogens with one attached hydrogen (secondary N) is 1. The SMILES string of the molecule is COc1ccc(S(=O)(=O)N(CC(C)C)C[C@@H](O)[C@H](Cc2ccccc2)NC(=O)O[C@@H]2C[C@@H](OC(C)=O)[C@H](COC(C)=O)O2)cc1. The van der Waals surface area contributed by atoms with Crippen molar-refractivity contribution >= 4 is 28.1 Å². The zero-order valence-corrected chi connectivity index (χ0v) is 26.9. The van der Waals surface area contributed by atoms with E-state index < -0.39 is 58.7 Å². The Morgan fingerprint density at radius 1 is 1.00 bits per heavy atom. The average molecular weight is 651 g/mol. The van der Waals surface area contributed by atoms with E-state index in [9.17, 15) is 27.9 Å². The number of hydrogen-bond acceptors (Lipinski definition) is 11. The van der Waals surface area contributed by atoms with Crippen molar-refractivity contribution in [2.24, 2.45) is 5.92 Å². The van der Waals surface area contributed by atoms with Gasteiger partial charge in [-0.05, 0) is 42.2 Å². The Morgan fingerprint density at radius 3 is 2.24 bits per heavy atom. The second-order valence-electron chi connectivity index (χ2n) is 11.1. The smallest absolute Gasteiger partial charge is 0.409 e. The summed E-state index contributed by atoms with van der Waals surface area (Å²) in [5, 5.41) is 14.1. The molecule has 0 unspecified atom stereocenters. The minimum Gasteiger partial charge on any atom is -0.497 e. The Kier molecular flexibility index (Phi) is 13.2. The highest BCUT2D eigenvalue weighted by Gasteiger charge is 2.41. The van der Waals surface area contributed by atoms with Crippen LogP contribution in [0.4, 0.5) is 4.79 Å². The van der Waals surface area contributed by atoms with Gasteiger partial charge in [0.05, 0.1) is 30.6 Å². The van der Waals surface area contributed by atoms with E-state index in [4.69, 9.17) is 23.7 Å². The van der Waals surface area contributed by atoms with Gasteiger partial charge in [0.15, 0.2) is 0 Å². The molecular formula is C31H42N2O11S. The molecular weight excluding hydrogens is 608 g/mol. The van der Waals surface area contributed by atoms with E-state index in [0.717, 1.165) is 5.56 Å². The lowest BCUT2D eigenvalue weighted by Crippen LogP contribution is -2.51. The van der Waals surface area contributed by atoms with Crippen LogP contribution in [-0.2, 0) is 45.0 Å². The summed E-state index contributed by atoms with van der Waals surface area (Å²) in [5.41, 5.74) is 0.781. The van der Waals surface area contributed by atoms with Crippen LogP contribution in [0.2, 0.25) is 0 Å². The summed E-state index contributed by atoms with van der Waals surface area (Å²) < 4.78 is 55.0. The third kappa shape index (κ3) is 11.0. The Morgan fingerprint density at radius 2 is 1.67 bits per heavy atom. The first-order valence-corrected chi connectivity index (χ1v) is 16.0. The minimum absolute atomic E-state index is 0.00684. The lowest BCUT2D eigenvalue weighted by atomic mass is 10.0. The molecule has 0 bridgehead atoms. The molecule has 14 heteroatoms. The van der Waals surface area contributed by atoms with Gasteiger partial charge in [-0.25, -0.2) is 13.2 Å². The molecule has 0 spiro atoms. The molecule has 45 heavy (non-hydrogen) atoms. The Balaban J connectivity index is 1.78. The first-order valence-electron chi connectivity index (χ1n) is 14.6. The Hall–Kier alpha value is -3.72. The number of aliphatic hydroxyl groups excluding tert-OH is 1. The van der Waals surface area contributed by atoms with Gasteiger partial charge in [-0.2, -0.15) is 4.31 Å². The van der Waals surface area contributed by atoms with Gasteiger partial charge in [-0.1, -0.05) is 44.2 Å². The number of esters is 2. The molecule has 5 atom stereocenters. The molecule has 3 rings (SSSR count). The van der Waals surface area contributed by atoms with Crippen LogP contribution in [0.1, 0.15) is 39.7 Å². The van der Waals surface area contributed by atoms with Gasteiger partial charge in [0.2, 0.25) is 16.3 Å². The molecule has 0 saturated carbocycles. The number of carbonyl (C=O) groups is 3. The number of alkyl carbamates (subject to hydrolysis) is 1. The number of rotatable bonds is 15. The van der Waals surface area contributed by atoms with Crippen LogP contribution in [0.15, 0.2) is 59.5 Å². The largest absolute Gasteiger partial charge is 0.497 e. The molecule has 2 aromatic carbocycles. The highest BCUT2D eigenvalue weighted by molar-refractivity contribution is 7.89. The first-order chi connectivity index (χ1) is 21.3. The molecule has 1 saturated heterocycles. The fraction of sp³-hybridized carbons (Fsp3) is 0.516. The fourth-order valence-electron chi connectivity index (χ4n) is 4.81. The van der Waals surface area contributed by atoms with Crippen LogP contribution in [0, 0.1) is 5.92 Å². The molecule has 0 aliphatic carbocycles. The molecule has 1 aliphatic rings. The zero-order valence-electron chi connectivity index (χ0n) is 26.1. The number of amides is 1. The van der Waals surface area contributed by atoms with Crippen molar-refractivity contribution < 1.29 is 51.6 Å². The molecule has 1 fully saturated rings. The second kappa shape index (κ2) is 16.5. The number of benzene rings is 2. The summed E-state index contributed by atoms with van der Waals surface area (Å²) >= 11 is 0. The summed E-state index contributed by atoms with van der Waals surface area (Å²) in [5.74, 6) is -0.706. The van der Waals surface area contributed by atoms with Crippen molar-refractivity contribution in [1.29, 1.82) is 0 Å². The Labute approximate surface area is 263 Å². The highest BCUT2D eigenvalue weighted by atomic mass is 32.2. The van der Waals surface area contributed by atoms with Crippen LogP contribution in [0.5, 0.6) is 5.75 Å². The molecule has 1 amide bonds. The van der Waals surface area contributed by atoms with Crippen LogP contribution in [0.3, 0.4) is 0 Å². The van der Waals surface area contributed by atoms with Crippen molar-refractivity contribution in [2.45, 2.75) is 76.1 Å². The number of methoxy groups -OCH3 is 1. The minimum atomic E-state index is -4.03. The van der Waals surface area contributed by atoms with Crippen LogP contribution >= 0.6 is 0 Å². The molecule has 0 aromatic heterocycles. The third-order valence-corrected chi connectivity index (χ3v) is 8.74. The van der Waals surface area contributed by atoms with Crippen molar-refractivity contribution in [3.8, 4) is 5.75 Å². The predicted octanol–water partition coefficient (Wildman–Crippen LogP) is 2.65. The van der Waals surface area contributed by atoms with E-state index in [1.54, 1.807) is 24.3 Å². The van der Waals surface area contributed by atoms with Crippen molar-refractivity contribution in [1.82, 2.24) is 9.62 Å². The second-order valence-corrected chi connectivity index (χ2v) is 13.0. The Bertz CT molecular complexity index is 1370. The molecule has 248 valence electrons. The fourth-order valence-corrected chi connectivity index (χ4v) is 6.43. The lowest BCUT2D eigenvalue weighted by molar-refractivity contribution is -0.159. The quantitative estimate of drug-likeness (QED) is 0.215. The molecule has 0 radical (unpaired) electrons. The third-order valence-electron chi connectivity index (χ3n) is 6.90. The summed E-state index contributed by atoms with van der Waals surface area (Å²) in [6, 6.07) is 14.1. The van der Waals surface area contributed by atoms with Crippen LogP contribution < -0.4 is 10.1 Å². The summed E-state index contributed by atoms with van der Waals surface area (Å²) in [4.78, 5) is 36.0. The van der Waals surface area contributed by atoms with E-state index >= 15 is 0 Å². The van der Waals surface area contributed by atoms with Crippen molar-refractivity contribution in [3.05, 3.63) is 60.2 Å². The van der Waals surface area contributed by atoms with Gasteiger partial charge < -0.3 is 34.1 Å². The van der Waals surface area contributed by atoms with E-state index in [0.29, 0.717) is 5.75 Å². The highest BCUT2D eigenvalue weighted by Crippen LogP contribution is 2.26. The maximum atomic E-state index is 13.6. The monoisotopic (exact) mass is 650 g/mol. The van der Waals surface area contributed by atoms with Crippen molar-refractivity contribution in [2.75, 3.05) is 26.8 Å². The summed E-state index contributed by atoms with van der Waals surface area (Å²) in [6.07, 6.45) is -4.95. The number of aliphatic hydroxyl groups is 1. The van der Waals surface area contributed by atoms with Crippen LogP contribution in [-0.4, -0.2) is 93.3 Å². The normalized spacial score (nSPS) is 19.5. The van der Waals surface area contributed by atoms with Gasteiger partial charge in [0.1, 0.15) is 24.6 Å². The van der Waals surface area contributed by atoms with E-state index in [1.807, 2.05) is 32.0 Å². The standard InChI is InChI=1S/C31H42N2O11S/c1-20(2)17-33(45(38,39)25-13-11-24(40-5)12-14-25)18-27(36)26(15-23-9-7-6-8-10-23)32-31(37)44-30-16-28(42-22(4)35)29(43-30)19-41-21(3)34/h6-14,20,26-30,36H,15-19H2,1-5H3,(H,32,37)/t26-,27+,28+,29-,30+/m0/s1. The van der Waals surface area contributed by atoms with Gasteiger partial charge in [0.25, 0.3) is 0 Å². The van der Waals surface area contributed by atoms with E-state index in [1.165, 1.54) is 37.4 Å². The molecule has 1 heterocycles. The van der Waals surface area contributed by atoms with E-state index in [-0.39, 0.29) is 43.4 Å². The number of sulfonamides is 1. The molecule has 1 aliphatic heterocycles. The summed E-state index contributed by atoms with van der Waals surface area (Å²) in [6.45, 7) is 5.75. The zero-order chi connectivity index (χ0) is 33.1. The number of carbonyl (C=O) groups excluding carboxylic acids is 3.